The molecule has 5 heteroatoms. The standard InChI is InChI=1S/C13H22N4O/c1-13(2,9-17(3)4)8-16-12(18)10-5-6-11(14)15-7-10/h5-7H,8-9H2,1-4H3,(H2,14,15)(H,16,18). The molecule has 1 aromatic heterocycles. The summed E-state index contributed by atoms with van der Waals surface area (Å²) in [5.41, 5.74) is 6.04. The first kappa shape index (κ1) is 14.4. The molecule has 3 N–H and O–H groups in total. The molecule has 18 heavy (non-hydrogen) atoms. The maximum Gasteiger partial charge on any atom is 0.252 e. The van der Waals surface area contributed by atoms with Gasteiger partial charge in [-0.05, 0) is 31.6 Å². The number of anilines is 1. The average molecular weight is 250 g/mol. The van der Waals surface area contributed by atoms with Gasteiger partial charge in [-0.15, -0.1) is 0 Å². The van der Waals surface area contributed by atoms with Crippen molar-refractivity contribution in [2.24, 2.45) is 5.41 Å². The number of carbonyl (C=O) groups excluding carboxylic acids is 1. The van der Waals surface area contributed by atoms with Crippen molar-refractivity contribution in [2.45, 2.75) is 13.8 Å². The second kappa shape index (κ2) is 5.82. The SMILES string of the molecule is CN(C)CC(C)(C)CNC(=O)c1ccc(N)nc1. The van der Waals surface area contributed by atoms with E-state index in [-0.39, 0.29) is 11.3 Å². The van der Waals surface area contributed by atoms with Gasteiger partial charge in [-0.25, -0.2) is 4.98 Å². The lowest BCUT2D eigenvalue weighted by Crippen LogP contribution is -2.40. The predicted molar refractivity (Wildman–Crippen MR) is 73.3 cm³/mol. The van der Waals surface area contributed by atoms with Crippen LogP contribution in [-0.4, -0.2) is 43.0 Å². The molecule has 0 fully saturated rings. The summed E-state index contributed by atoms with van der Waals surface area (Å²) in [7, 11) is 4.04. The molecule has 0 aliphatic carbocycles. The van der Waals surface area contributed by atoms with Crippen LogP contribution in [0.25, 0.3) is 0 Å². The van der Waals surface area contributed by atoms with E-state index in [1.54, 1.807) is 12.1 Å². The number of nitrogens with zero attached hydrogens (tertiary/aromatic N) is 2. The minimum atomic E-state index is -0.116. The van der Waals surface area contributed by atoms with Gasteiger partial charge in [-0.1, -0.05) is 13.8 Å². The fraction of sp³-hybridized carbons (Fsp3) is 0.538. The largest absolute Gasteiger partial charge is 0.384 e. The van der Waals surface area contributed by atoms with Crippen molar-refractivity contribution in [3.05, 3.63) is 23.9 Å². The smallest absolute Gasteiger partial charge is 0.252 e. The van der Waals surface area contributed by atoms with Crippen molar-refractivity contribution in [2.75, 3.05) is 32.9 Å². The summed E-state index contributed by atoms with van der Waals surface area (Å²) in [6, 6.07) is 3.30. The number of nitrogen functional groups attached to an aromatic ring is 1. The molecule has 0 aromatic carbocycles. The summed E-state index contributed by atoms with van der Waals surface area (Å²) in [6.45, 7) is 5.77. The molecule has 1 amide bonds. The molecule has 0 unspecified atom stereocenters. The van der Waals surface area contributed by atoms with Gasteiger partial charge in [0, 0.05) is 19.3 Å². The summed E-state index contributed by atoms with van der Waals surface area (Å²) < 4.78 is 0. The molecule has 5 nitrogen and oxygen atoms in total. The van der Waals surface area contributed by atoms with E-state index in [2.05, 4.69) is 29.0 Å². The maximum absolute atomic E-state index is 11.9. The van der Waals surface area contributed by atoms with E-state index in [4.69, 9.17) is 5.73 Å². The molecule has 0 bridgehead atoms. The zero-order valence-corrected chi connectivity index (χ0v) is 11.5. The highest BCUT2D eigenvalue weighted by atomic mass is 16.1. The minimum absolute atomic E-state index is 0.0282. The van der Waals surface area contributed by atoms with Crippen molar-refractivity contribution in [1.29, 1.82) is 0 Å². The van der Waals surface area contributed by atoms with E-state index in [0.717, 1.165) is 6.54 Å². The van der Waals surface area contributed by atoms with Crippen LogP contribution in [0.3, 0.4) is 0 Å². The fourth-order valence-corrected chi connectivity index (χ4v) is 1.87. The molecule has 1 aromatic rings. The average Bonchev–Trinajstić information content (AvgIpc) is 2.25. The van der Waals surface area contributed by atoms with E-state index in [0.29, 0.717) is 17.9 Å². The molecular weight excluding hydrogens is 228 g/mol. The van der Waals surface area contributed by atoms with E-state index in [1.807, 2.05) is 14.1 Å². The van der Waals surface area contributed by atoms with Crippen LogP contribution in [0.4, 0.5) is 5.82 Å². The Morgan fingerprint density at radius 3 is 2.61 bits per heavy atom. The van der Waals surface area contributed by atoms with Gasteiger partial charge in [-0.3, -0.25) is 4.79 Å². The quantitative estimate of drug-likeness (QED) is 0.817. The van der Waals surface area contributed by atoms with Crippen molar-refractivity contribution in [3.63, 3.8) is 0 Å². The van der Waals surface area contributed by atoms with E-state index < -0.39 is 0 Å². The zero-order valence-electron chi connectivity index (χ0n) is 11.5. The van der Waals surface area contributed by atoms with Crippen molar-refractivity contribution in [1.82, 2.24) is 15.2 Å². The van der Waals surface area contributed by atoms with Gasteiger partial charge in [0.1, 0.15) is 5.82 Å². The van der Waals surface area contributed by atoms with Crippen LogP contribution < -0.4 is 11.1 Å². The molecule has 0 spiro atoms. The predicted octanol–water partition coefficient (Wildman–Crippen LogP) is 0.981. The third-order valence-electron chi connectivity index (χ3n) is 2.52. The first-order valence-corrected chi connectivity index (χ1v) is 5.95. The first-order valence-electron chi connectivity index (χ1n) is 5.95. The topological polar surface area (TPSA) is 71.2 Å². The Labute approximate surface area is 108 Å². The lowest BCUT2D eigenvalue weighted by Gasteiger charge is -2.28. The molecule has 1 heterocycles. The zero-order chi connectivity index (χ0) is 13.8. The number of nitrogens with two attached hydrogens (primary N) is 1. The van der Waals surface area contributed by atoms with E-state index in [1.165, 1.54) is 6.20 Å². The Morgan fingerprint density at radius 2 is 2.11 bits per heavy atom. The van der Waals surface area contributed by atoms with Gasteiger partial charge >= 0.3 is 0 Å². The van der Waals surface area contributed by atoms with E-state index >= 15 is 0 Å². The molecule has 100 valence electrons. The van der Waals surface area contributed by atoms with Gasteiger partial charge in [0.25, 0.3) is 5.91 Å². The number of nitrogens with one attached hydrogen (secondary N) is 1. The van der Waals surface area contributed by atoms with Crippen LogP contribution >= 0.6 is 0 Å². The number of amides is 1. The van der Waals surface area contributed by atoms with Gasteiger partial charge in [0.05, 0.1) is 5.56 Å². The third-order valence-corrected chi connectivity index (χ3v) is 2.52. The molecule has 0 aliphatic heterocycles. The molecule has 0 atom stereocenters. The van der Waals surface area contributed by atoms with Gasteiger partial charge in [-0.2, -0.15) is 0 Å². The summed E-state index contributed by atoms with van der Waals surface area (Å²) in [6.07, 6.45) is 1.49. The fourth-order valence-electron chi connectivity index (χ4n) is 1.87. The molecule has 0 saturated heterocycles. The molecule has 0 radical (unpaired) electrons. The van der Waals surface area contributed by atoms with Crippen LogP contribution in [0.5, 0.6) is 0 Å². The maximum atomic E-state index is 11.9. The lowest BCUT2D eigenvalue weighted by molar-refractivity contribution is 0.0929. The summed E-state index contributed by atoms with van der Waals surface area (Å²) in [5, 5.41) is 2.92. The van der Waals surface area contributed by atoms with Gasteiger partial charge in [0.2, 0.25) is 0 Å². The number of aromatic nitrogens is 1. The van der Waals surface area contributed by atoms with Crippen molar-refractivity contribution in [3.8, 4) is 0 Å². The number of hydrogen-bond donors (Lipinski definition) is 2. The van der Waals surface area contributed by atoms with Crippen LogP contribution in [0.2, 0.25) is 0 Å². The van der Waals surface area contributed by atoms with Crippen LogP contribution in [-0.2, 0) is 0 Å². The second-order valence-corrected chi connectivity index (χ2v) is 5.56. The highest BCUT2D eigenvalue weighted by Crippen LogP contribution is 2.14. The molecular formula is C13H22N4O. The summed E-state index contributed by atoms with van der Waals surface area (Å²) >= 11 is 0. The summed E-state index contributed by atoms with van der Waals surface area (Å²) in [5.74, 6) is 0.300. The lowest BCUT2D eigenvalue weighted by atomic mass is 9.93. The van der Waals surface area contributed by atoms with Crippen LogP contribution in [0, 0.1) is 5.41 Å². The highest BCUT2D eigenvalue weighted by molar-refractivity contribution is 5.94. The number of pyridine rings is 1. The van der Waals surface area contributed by atoms with Gasteiger partial charge < -0.3 is 16.0 Å². The monoisotopic (exact) mass is 250 g/mol. The Balaban J connectivity index is 2.53. The van der Waals surface area contributed by atoms with Crippen molar-refractivity contribution < 1.29 is 4.79 Å². The number of rotatable bonds is 5. The number of hydrogen-bond acceptors (Lipinski definition) is 4. The second-order valence-electron chi connectivity index (χ2n) is 5.56. The third kappa shape index (κ3) is 4.71. The van der Waals surface area contributed by atoms with Crippen LogP contribution in [0.15, 0.2) is 18.3 Å². The Morgan fingerprint density at radius 1 is 1.44 bits per heavy atom. The number of carbonyl (C=O) groups is 1. The van der Waals surface area contributed by atoms with E-state index in [9.17, 15) is 4.79 Å². The highest BCUT2D eigenvalue weighted by Gasteiger charge is 2.20. The molecule has 1 rings (SSSR count). The molecule has 0 aliphatic rings. The van der Waals surface area contributed by atoms with Crippen molar-refractivity contribution >= 4 is 11.7 Å². The van der Waals surface area contributed by atoms with Crippen LogP contribution in [0.1, 0.15) is 24.2 Å². The molecule has 0 saturated carbocycles. The van der Waals surface area contributed by atoms with Gasteiger partial charge in [0.15, 0.2) is 0 Å². The Kier molecular flexibility index (Phi) is 4.67. The normalized spacial score (nSPS) is 11.6. The summed E-state index contributed by atoms with van der Waals surface area (Å²) in [4.78, 5) is 17.9. The minimum Gasteiger partial charge on any atom is -0.384 e. The Hall–Kier alpha value is -1.62. The first-order chi connectivity index (χ1) is 8.30. The Bertz CT molecular complexity index is 398.